The number of aryl methyl sites for hydroxylation is 1. The molecule has 0 atom stereocenters. The molecule has 0 fully saturated rings. The topological polar surface area (TPSA) is 85.2 Å². The molecule has 0 aliphatic rings. The van der Waals surface area contributed by atoms with E-state index in [1.807, 2.05) is 0 Å². The van der Waals surface area contributed by atoms with Gasteiger partial charge < -0.3 is 9.88 Å². The molecule has 0 unspecified atom stereocenters. The Morgan fingerprint density at radius 1 is 1.12 bits per heavy atom. The van der Waals surface area contributed by atoms with E-state index in [2.05, 4.69) is 5.32 Å². The normalized spacial score (nSPS) is 12.0. The third-order valence-corrected chi connectivity index (χ3v) is 4.82. The van der Waals surface area contributed by atoms with Crippen LogP contribution in [0.1, 0.15) is 17.3 Å². The number of benzene rings is 1. The lowest BCUT2D eigenvalue weighted by atomic mass is 10.2. The lowest BCUT2D eigenvalue weighted by Gasteiger charge is -2.10. The van der Waals surface area contributed by atoms with Crippen LogP contribution in [0.3, 0.4) is 0 Å². The first-order valence-corrected chi connectivity index (χ1v) is 8.48. The summed E-state index contributed by atoms with van der Waals surface area (Å²) in [6.45, 7) is 2.14. The molecule has 0 radical (unpaired) electrons. The van der Waals surface area contributed by atoms with E-state index in [0.717, 1.165) is 12.1 Å². The van der Waals surface area contributed by atoms with Gasteiger partial charge in [-0.05, 0) is 37.3 Å². The number of carbonyl (C=O) groups is 1. The number of aromatic nitrogens is 1. The minimum absolute atomic E-state index is 0.0321. The smallest absolute Gasteiger partial charge is 0.321 e. The van der Waals surface area contributed by atoms with Crippen LogP contribution in [0, 0.1) is 0 Å². The SMILES string of the molecule is CCn1cc(NC(=O)c2ccc(S(=O)(=O)C(F)(F)F)cc2)ccc1=O. The van der Waals surface area contributed by atoms with Crippen LogP contribution >= 0.6 is 0 Å². The highest BCUT2D eigenvalue weighted by molar-refractivity contribution is 7.92. The van der Waals surface area contributed by atoms with Crippen LogP contribution in [0.4, 0.5) is 18.9 Å². The number of pyridine rings is 1. The first kappa shape index (κ1) is 18.7. The van der Waals surface area contributed by atoms with E-state index in [-0.39, 0.29) is 11.1 Å². The summed E-state index contributed by atoms with van der Waals surface area (Å²) >= 11 is 0. The predicted octanol–water partition coefficient (Wildman–Crippen LogP) is 2.41. The van der Waals surface area contributed by atoms with E-state index in [0.29, 0.717) is 24.4 Å². The van der Waals surface area contributed by atoms with Crippen molar-refractivity contribution in [3.63, 3.8) is 0 Å². The van der Waals surface area contributed by atoms with Crippen molar-refractivity contribution in [3.8, 4) is 0 Å². The zero-order valence-corrected chi connectivity index (χ0v) is 13.7. The van der Waals surface area contributed by atoms with Gasteiger partial charge in [0.25, 0.3) is 21.3 Å². The first-order chi connectivity index (χ1) is 11.6. The van der Waals surface area contributed by atoms with Gasteiger partial charge in [0.1, 0.15) is 0 Å². The second-order valence-corrected chi connectivity index (χ2v) is 6.91. The quantitative estimate of drug-likeness (QED) is 0.891. The molecule has 134 valence electrons. The van der Waals surface area contributed by atoms with Crippen LogP contribution in [0.5, 0.6) is 0 Å². The van der Waals surface area contributed by atoms with Crippen molar-refractivity contribution in [2.24, 2.45) is 0 Å². The fourth-order valence-electron chi connectivity index (χ4n) is 1.97. The molecule has 0 bridgehead atoms. The van der Waals surface area contributed by atoms with Crippen molar-refractivity contribution in [2.75, 3.05) is 5.32 Å². The Bertz CT molecular complexity index is 948. The molecule has 0 saturated carbocycles. The van der Waals surface area contributed by atoms with Gasteiger partial charge in [-0.25, -0.2) is 8.42 Å². The first-order valence-electron chi connectivity index (χ1n) is 6.99. The molecule has 6 nitrogen and oxygen atoms in total. The Balaban J connectivity index is 2.23. The van der Waals surface area contributed by atoms with Crippen molar-refractivity contribution < 1.29 is 26.4 Å². The molecule has 1 heterocycles. The second-order valence-electron chi connectivity index (χ2n) is 4.97. The van der Waals surface area contributed by atoms with Gasteiger partial charge in [-0.2, -0.15) is 13.2 Å². The molecular weight excluding hydrogens is 361 g/mol. The van der Waals surface area contributed by atoms with Crippen LogP contribution < -0.4 is 10.9 Å². The molecule has 2 rings (SSSR count). The third kappa shape index (κ3) is 3.90. The highest BCUT2D eigenvalue weighted by Crippen LogP contribution is 2.30. The van der Waals surface area contributed by atoms with Crippen molar-refractivity contribution in [1.29, 1.82) is 0 Å². The maximum absolute atomic E-state index is 12.5. The van der Waals surface area contributed by atoms with E-state index in [9.17, 15) is 31.2 Å². The fourth-order valence-corrected chi connectivity index (χ4v) is 2.74. The Morgan fingerprint density at radius 3 is 2.24 bits per heavy atom. The molecule has 1 aromatic carbocycles. The molecule has 1 N–H and O–H groups in total. The van der Waals surface area contributed by atoms with Crippen molar-refractivity contribution in [2.45, 2.75) is 23.9 Å². The number of nitrogens with zero attached hydrogens (tertiary/aromatic N) is 1. The highest BCUT2D eigenvalue weighted by Gasteiger charge is 2.46. The van der Waals surface area contributed by atoms with E-state index >= 15 is 0 Å². The Morgan fingerprint density at radius 2 is 1.72 bits per heavy atom. The number of nitrogens with one attached hydrogen (secondary N) is 1. The summed E-state index contributed by atoms with van der Waals surface area (Å²) < 4.78 is 61.3. The zero-order valence-electron chi connectivity index (χ0n) is 12.9. The number of hydrogen-bond donors (Lipinski definition) is 1. The number of rotatable bonds is 4. The second kappa shape index (κ2) is 6.71. The molecule has 10 heteroatoms. The van der Waals surface area contributed by atoms with Gasteiger partial charge in [-0.15, -0.1) is 0 Å². The zero-order chi connectivity index (χ0) is 18.8. The molecule has 25 heavy (non-hydrogen) atoms. The van der Waals surface area contributed by atoms with Gasteiger partial charge >= 0.3 is 5.51 Å². The predicted molar refractivity (Wildman–Crippen MR) is 84.0 cm³/mol. The largest absolute Gasteiger partial charge is 0.501 e. The molecule has 0 aliphatic heterocycles. The molecule has 2 aromatic rings. The summed E-state index contributed by atoms with van der Waals surface area (Å²) in [6, 6.07) is 6.02. The van der Waals surface area contributed by atoms with Gasteiger partial charge in [0.05, 0.1) is 10.6 Å². The van der Waals surface area contributed by atoms with Crippen LogP contribution in [0.15, 0.2) is 52.3 Å². The number of anilines is 1. The highest BCUT2D eigenvalue weighted by atomic mass is 32.2. The van der Waals surface area contributed by atoms with Gasteiger partial charge in [-0.1, -0.05) is 0 Å². The maximum atomic E-state index is 12.5. The summed E-state index contributed by atoms with van der Waals surface area (Å²) in [6.07, 6.45) is 1.42. The number of carbonyl (C=O) groups excluding carboxylic acids is 1. The van der Waals surface area contributed by atoms with E-state index in [1.54, 1.807) is 6.92 Å². The van der Waals surface area contributed by atoms with Crippen molar-refractivity contribution in [1.82, 2.24) is 4.57 Å². The summed E-state index contributed by atoms with van der Waals surface area (Å²) in [5, 5.41) is 2.48. The molecular formula is C15H13F3N2O4S. The summed E-state index contributed by atoms with van der Waals surface area (Å²) in [5.74, 6) is -0.655. The Hall–Kier alpha value is -2.62. The maximum Gasteiger partial charge on any atom is 0.501 e. The molecule has 1 amide bonds. The molecule has 0 saturated heterocycles. The average Bonchev–Trinajstić information content (AvgIpc) is 2.55. The van der Waals surface area contributed by atoms with E-state index in [1.165, 1.54) is 22.9 Å². The average molecular weight is 374 g/mol. The lowest BCUT2D eigenvalue weighted by molar-refractivity contribution is -0.0436. The number of halogens is 3. The number of alkyl halides is 3. The van der Waals surface area contributed by atoms with Crippen molar-refractivity contribution >= 4 is 21.4 Å². The lowest BCUT2D eigenvalue weighted by Crippen LogP contribution is -2.23. The molecule has 0 aliphatic carbocycles. The number of hydrogen-bond acceptors (Lipinski definition) is 4. The van der Waals surface area contributed by atoms with Crippen molar-refractivity contribution in [3.05, 3.63) is 58.5 Å². The summed E-state index contributed by atoms with van der Waals surface area (Å²) in [4.78, 5) is 22.6. The standard InChI is InChI=1S/C15H13F3N2O4S/c1-2-20-9-11(5-8-13(20)21)19-14(22)10-3-6-12(7-4-10)25(23,24)15(16,17)18/h3-9H,2H2,1H3,(H,19,22). The van der Waals surface area contributed by atoms with Crippen LogP contribution in [0.2, 0.25) is 0 Å². The minimum Gasteiger partial charge on any atom is -0.321 e. The fraction of sp³-hybridized carbons (Fsp3) is 0.200. The van der Waals surface area contributed by atoms with Gasteiger partial charge in [-0.3, -0.25) is 9.59 Å². The van der Waals surface area contributed by atoms with Crippen LogP contribution in [-0.4, -0.2) is 24.4 Å². The Labute approximate surface area is 140 Å². The summed E-state index contributed by atoms with van der Waals surface area (Å²) in [7, 11) is -5.46. The Kier molecular flexibility index (Phi) is 5.02. The molecule has 1 aromatic heterocycles. The van der Waals surface area contributed by atoms with Gasteiger partial charge in [0, 0.05) is 24.4 Å². The minimum atomic E-state index is -5.46. The summed E-state index contributed by atoms with van der Waals surface area (Å²) in [5.41, 5.74) is -5.37. The molecule has 0 spiro atoms. The van der Waals surface area contributed by atoms with Gasteiger partial charge in [0.2, 0.25) is 0 Å². The van der Waals surface area contributed by atoms with Crippen LogP contribution in [0.25, 0.3) is 0 Å². The van der Waals surface area contributed by atoms with E-state index < -0.39 is 26.1 Å². The third-order valence-electron chi connectivity index (χ3n) is 3.31. The number of amides is 1. The van der Waals surface area contributed by atoms with Crippen LogP contribution in [-0.2, 0) is 16.4 Å². The van der Waals surface area contributed by atoms with Gasteiger partial charge in [0.15, 0.2) is 0 Å². The number of sulfone groups is 1. The van der Waals surface area contributed by atoms with E-state index in [4.69, 9.17) is 0 Å². The monoisotopic (exact) mass is 374 g/mol.